The third-order valence-corrected chi connectivity index (χ3v) is 4.14. The first-order valence-electron chi connectivity index (χ1n) is 7.67. The van der Waals surface area contributed by atoms with Crippen molar-refractivity contribution in [2.24, 2.45) is 10.8 Å². The molecule has 22 heavy (non-hydrogen) atoms. The first-order valence-corrected chi connectivity index (χ1v) is 7.67. The van der Waals surface area contributed by atoms with Crippen molar-refractivity contribution in [3.63, 3.8) is 0 Å². The number of rotatable bonds is 1. The van der Waals surface area contributed by atoms with E-state index < -0.39 is 41.5 Å². The molecule has 0 saturated carbocycles. The maximum atomic E-state index is 12.6. The minimum atomic E-state index is -1.59. The Labute approximate surface area is 132 Å². The highest BCUT2D eigenvalue weighted by atomic mass is 16.9. The van der Waals surface area contributed by atoms with Gasteiger partial charge in [0.15, 0.2) is 6.29 Å². The number of hydrogen-bond acceptors (Lipinski definition) is 6. The number of carbonyl (C=O) groups is 1. The Balaban J connectivity index is 2.48. The summed E-state index contributed by atoms with van der Waals surface area (Å²) < 4.78 is 23.3. The van der Waals surface area contributed by atoms with Gasteiger partial charge in [-0.15, -0.1) is 0 Å². The largest absolute Gasteiger partial charge is 0.433 e. The quantitative estimate of drug-likeness (QED) is 0.748. The molecule has 5 atom stereocenters. The molecule has 2 heterocycles. The van der Waals surface area contributed by atoms with E-state index in [9.17, 15) is 9.90 Å². The Morgan fingerprint density at radius 3 is 1.86 bits per heavy atom. The highest BCUT2D eigenvalue weighted by molar-refractivity contribution is 5.82. The van der Waals surface area contributed by atoms with Gasteiger partial charge < -0.3 is 24.1 Å². The molecule has 2 saturated heterocycles. The monoisotopic (exact) mass is 316 g/mol. The Morgan fingerprint density at radius 1 is 1.00 bits per heavy atom. The van der Waals surface area contributed by atoms with Gasteiger partial charge in [-0.3, -0.25) is 0 Å². The summed E-state index contributed by atoms with van der Waals surface area (Å²) in [7, 11) is 0. The molecule has 0 aromatic heterocycles. The molecule has 2 aliphatic heterocycles. The van der Waals surface area contributed by atoms with Crippen LogP contribution >= 0.6 is 0 Å². The summed E-state index contributed by atoms with van der Waals surface area (Å²) in [4.78, 5) is 12.6. The van der Waals surface area contributed by atoms with Gasteiger partial charge in [-0.2, -0.15) is 0 Å². The fraction of sp³-hybridized carbons (Fsp3) is 0.938. The van der Waals surface area contributed by atoms with Crippen LogP contribution in [0, 0.1) is 10.8 Å². The minimum Gasteiger partial charge on any atom is -0.433 e. The van der Waals surface area contributed by atoms with Crippen molar-refractivity contribution in [1.29, 1.82) is 0 Å². The van der Waals surface area contributed by atoms with E-state index in [0.717, 1.165) is 0 Å². The lowest BCUT2D eigenvalue weighted by molar-refractivity contribution is -0.381. The van der Waals surface area contributed by atoms with Crippen LogP contribution in [0.5, 0.6) is 0 Å². The molecule has 0 spiro atoms. The normalized spacial score (nSPS) is 41.0. The van der Waals surface area contributed by atoms with Crippen LogP contribution in [0.2, 0.25) is 0 Å². The van der Waals surface area contributed by atoms with Gasteiger partial charge in [0.1, 0.15) is 6.10 Å². The van der Waals surface area contributed by atoms with Crippen molar-refractivity contribution < 1.29 is 28.8 Å². The minimum absolute atomic E-state index is 0.386. The van der Waals surface area contributed by atoms with E-state index >= 15 is 0 Å². The predicted octanol–water partition coefficient (Wildman–Crippen LogP) is 2.19. The third kappa shape index (κ3) is 2.46. The predicted molar refractivity (Wildman–Crippen MR) is 78.6 cm³/mol. The van der Waals surface area contributed by atoms with E-state index in [1.54, 1.807) is 6.92 Å². The SMILES string of the molecule is CC(O)C12OC(C(C)(C)C)OC(=O)C1(C)OC(C(C)(C)C)O2. The van der Waals surface area contributed by atoms with Crippen molar-refractivity contribution in [3.05, 3.63) is 0 Å². The summed E-state index contributed by atoms with van der Waals surface area (Å²) in [6.45, 7) is 14.5. The van der Waals surface area contributed by atoms with Crippen molar-refractivity contribution >= 4 is 5.97 Å². The second-order valence-corrected chi connectivity index (χ2v) is 8.53. The number of esters is 1. The zero-order valence-corrected chi connectivity index (χ0v) is 14.7. The molecule has 0 aromatic carbocycles. The highest BCUT2D eigenvalue weighted by Gasteiger charge is 2.72. The molecule has 0 aromatic rings. The number of aliphatic hydroxyl groups excluding tert-OH is 1. The topological polar surface area (TPSA) is 74.2 Å². The van der Waals surface area contributed by atoms with Crippen LogP contribution in [0.3, 0.4) is 0 Å². The molecule has 1 N–H and O–H groups in total. The fourth-order valence-corrected chi connectivity index (χ4v) is 2.62. The average molecular weight is 316 g/mol. The van der Waals surface area contributed by atoms with Crippen molar-refractivity contribution in [3.8, 4) is 0 Å². The van der Waals surface area contributed by atoms with Gasteiger partial charge in [0.2, 0.25) is 17.7 Å². The van der Waals surface area contributed by atoms with E-state index in [2.05, 4.69) is 0 Å². The van der Waals surface area contributed by atoms with Gasteiger partial charge in [-0.1, -0.05) is 41.5 Å². The van der Waals surface area contributed by atoms with Gasteiger partial charge in [0, 0.05) is 10.8 Å². The Hall–Kier alpha value is -0.690. The van der Waals surface area contributed by atoms with Gasteiger partial charge in [-0.25, -0.2) is 4.79 Å². The standard InChI is InChI=1S/C16H28O6/c1-9(17)16-15(8,20-12(22-16)14(5,6)7)10(18)19-11(21-16)13(2,3)4/h9,11-12,17H,1-8H3. The number of aliphatic hydroxyl groups is 1. The molecular weight excluding hydrogens is 288 g/mol. The fourth-order valence-electron chi connectivity index (χ4n) is 2.62. The zero-order chi connectivity index (χ0) is 17.1. The lowest BCUT2D eigenvalue weighted by atomic mass is 9.87. The van der Waals surface area contributed by atoms with E-state index in [1.807, 2.05) is 41.5 Å². The smallest absolute Gasteiger partial charge is 0.346 e. The summed E-state index contributed by atoms with van der Waals surface area (Å²) in [5.74, 6) is -2.16. The maximum absolute atomic E-state index is 12.6. The summed E-state index contributed by atoms with van der Waals surface area (Å²) in [5, 5.41) is 10.4. The lowest BCUT2D eigenvalue weighted by Crippen LogP contribution is -2.69. The lowest BCUT2D eigenvalue weighted by Gasteiger charge is -2.48. The molecule has 6 heteroatoms. The molecule has 2 aliphatic rings. The highest BCUT2D eigenvalue weighted by Crippen LogP contribution is 2.52. The Bertz CT molecular complexity index is 460. The second kappa shape index (κ2) is 4.90. The summed E-state index contributed by atoms with van der Waals surface area (Å²) in [6.07, 6.45) is -2.59. The molecule has 5 unspecified atom stereocenters. The molecule has 0 aliphatic carbocycles. The van der Waals surface area contributed by atoms with Crippen LogP contribution in [0.1, 0.15) is 55.4 Å². The van der Waals surface area contributed by atoms with Gasteiger partial charge in [0.05, 0.1) is 0 Å². The molecule has 0 bridgehead atoms. The van der Waals surface area contributed by atoms with Crippen molar-refractivity contribution in [2.45, 2.75) is 85.5 Å². The first-order chi connectivity index (χ1) is 9.74. The number of ether oxygens (including phenoxy) is 4. The number of hydrogen-bond donors (Lipinski definition) is 1. The molecule has 2 rings (SSSR count). The van der Waals surface area contributed by atoms with Gasteiger partial charge in [0.25, 0.3) is 0 Å². The molecule has 6 nitrogen and oxygen atoms in total. The van der Waals surface area contributed by atoms with Gasteiger partial charge >= 0.3 is 5.97 Å². The van der Waals surface area contributed by atoms with Crippen LogP contribution in [0.15, 0.2) is 0 Å². The Morgan fingerprint density at radius 2 is 1.45 bits per heavy atom. The van der Waals surface area contributed by atoms with E-state index in [0.29, 0.717) is 0 Å². The second-order valence-electron chi connectivity index (χ2n) is 8.53. The van der Waals surface area contributed by atoms with Crippen LogP contribution in [-0.4, -0.2) is 41.1 Å². The zero-order valence-electron chi connectivity index (χ0n) is 14.7. The molecular formula is C16H28O6. The van der Waals surface area contributed by atoms with Crippen LogP contribution < -0.4 is 0 Å². The maximum Gasteiger partial charge on any atom is 0.346 e. The number of carbonyl (C=O) groups excluding carboxylic acids is 1. The summed E-state index contributed by atoms with van der Waals surface area (Å²) >= 11 is 0. The van der Waals surface area contributed by atoms with Crippen LogP contribution in [0.4, 0.5) is 0 Å². The van der Waals surface area contributed by atoms with Crippen LogP contribution in [0.25, 0.3) is 0 Å². The van der Waals surface area contributed by atoms with E-state index in [4.69, 9.17) is 18.9 Å². The van der Waals surface area contributed by atoms with E-state index in [1.165, 1.54) is 6.92 Å². The van der Waals surface area contributed by atoms with Crippen LogP contribution in [-0.2, 0) is 23.7 Å². The Kier molecular flexibility index (Phi) is 3.93. The number of fused-ring (bicyclic) bond motifs is 1. The van der Waals surface area contributed by atoms with Crippen molar-refractivity contribution in [1.82, 2.24) is 0 Å². The molecule has 0 amide bonds. The molecule has 0 radical (unpaired) electrons. The summed E-state index contributed by atoms with van der Waals surface area (Å²) in [5.41, 5.74) is -2.36. The van der Waals surface area contributed by atoms with Gasteiger partial charge in [-0.05, 0) is 13.8 Å². The third-order valence-electron chi connectivity index (χ3n) is 4.14. The van der Waals surface area contributed by atoms with E-state index in [-0.39, 0.29) is 5.41 Å². The van der Waals surface area contributed by atoms with Crippen molar-refractivity contribution in [2.75, 3.05) is 0 Å². The average Bonchev–Trinajstić information content (AvgIpc) is 2.63. The molecule has 2 fully saturated rings. The summed E-state index contributed by atoms with van der Waals surface area (Å²) in [6, 6.07) is 0. The number of cyclic esters (lactones) is 1. The molecule has 128 valence electrons. The first kappa shape index (κ1) is 17.7.